The summed E-state index contributed by atoms with van der Waals surface area (Å²) >= 11 is 0. The Balaban J connectivity index is 2.03. The molecule has 1 aliphatic heterocycles. The molecule has 0 spiro atoms. The van der Waals surface area contributed by atoms with Gasteiger partial charge in [-0.15, -0.1) is 0 Å². The predicted molar refractivity (Wildman–Crippen MR) is 95.8 cm³/mol. The van der Waals surface area contributed by atoms with E-state index >= 15 is 0 Å². The molecule has 26 heavy (non-hydrogen) atoms. The molecule has 0 radical (unpaired) electrons. The third kappa shape index (κ3) is 3.25. The van der Waals surface area contributed by atoms with Crippen molar-refractivity contribution in [1.29, 1.82) is 0 Å². The standard InChI is InChI=1S/C19H21NO5S/c1-14-8-10-16(11-9-14)26(23,24)20-13-19(22,12-17(20)18(21)25-2)15-6-4-3-5-7-15/h3-11,17,22H,12-13H2,1-2H3/t17-,19+/m0/s1. The minimum Gasteiger partial charge on any atom is -0.468 e. The molecule has 1 fully saturated rings. The number of esters is 1. The van der Waals surface area contributed by atoms with Crippen LogP contribution in [0.4, 0.5) is 0 Å². The minimum absolute atomic E-state index is 0.0607. The van der Waals surface area contributed by atoms with E-state index in [1.165, 1.54) is 19.2 Å². The lowest BCUT2D eigenvalue weighted by molar-refractivity contribution is -0.144. The zero-order valence-corrected chi connectivity index (χ0v) is 15.4. The molecule has 0 aromatic heterocycles. The van der Waals surface area contributed by atoms with Crippen LogP contribution in [0.3, 0.4) is 0 Å². The number of rotatable bonds is 4. The Bertz CT molecular complexity index is 895. The van der Waals surface area contributed by atoms with Gasteiger partial charge in [-0.3, -0.25) is 4.79 Å². The number of methoxy groups -OCH3 is 1. The first-order chi connectivity index (χ1) is 12.3. The van der Waals surface area contributed by atoms with Crippen LogP contribution in [0.5, 0.6) is 0 Å². The number of aryl methyl sites for hydroxylation is 1. The van der Waals surface area contributed by atoms with Crippen LogP contribution >= 0.6 is 0 Å². The lowest BCUT2D eigenvalue weighted by atomic mass is 9.91. The number of sulfonamides is 1. The van der Waals surface area contributed by atoms with Crippen molar-refractivity contribution in [2.24, 2.45) is 0 Å². The highest BCUT2D eigenvalue weighted by Crippen LogP contribution is 2.39. The molecule has 6 nitrogen and oxygen atoms in total. The number of ether oxygens (including phenoxy) is 1. The van der Waals surface area contributed by atoms with Crippen molar-refractivity contribution in [2.45, 2.75) is 29.9 Å². The Labute approximate surface area is 153 Å². The molecule has 2 atom stereocenters. The van der Waals surface area contributed by atoms with E-state index < -0.39 is 27.6 Å². The normalized spacial score (nSPS) is 23.7. The van der Waals surface area contributed by atoms with Crippen LogP contribution in [0.2, 0.25) is 0 Å². The number of carbonyl (C=O) groups is 1. The van der Waals surface area contributed by atoms with Gasteiger partial charge < -0.3 is 9.84 Å². The Morgan fingerprint density at radius 2 is 1.77 bits per heavy atom. The molecule has 7 heteroatoms. The van der Waals surface area contributed by atoms with Crippen molar-refractivity contribution >= 4 is 16.0 Å². The summed E-state index contributed by atoms with van der Waals surface area (Å²) in [4.78, 5) is 12.3. The van der Waals surface area contributed by atoms with Gasteiger partial charge in [0.2, 0.25) is 10.0 Å². The highest BCUT2D eigenvalue weighted by Gasteiger charge is 2.52. The summed E-state index contributed by atoms with van der Waals surface area (Å²) in [5, 5.41) is 11.1. The van der Waals surface area contributed by atoms with Gasteiger partial charge in [0.25, 0.3) is 0 Å². The number of hydrogen-bond donors (Lipinski definition) is 1. The predicted octanol–water partition coefficient (Wildman–Crippen LogP) is 1.82. The van der Waals surface area contributed by atoms with E-state index in [2.05, 4.69) is 0 Å². The summed E-state index contributed by atoms with van der Waals surface area (Å²) in [5.41, 5.74) is 0.0314. The van der Waals surface area contributed by atoms with E-state index in [0.29, 0.717) is 5.56 Å². The smallest absolute Gasteiger partial charge is 0.324 e. The average molecular weight is 375 g/mol. The van der Waals surface area contributed by atoms with Crippen molar-refractivity contribution in [1.82, 2.24) is 4.31 Å². The summed E-state index contributed by atoms with van der Waals surface area (Å²) in [6.45, 7) is 1.64. The fraction of sp³-hybridized carbons (Fsp3) is 0.316. The van der Waals surface area contributed by atoms with Gasteiger partial charge in [-0.1, -0.05) is 48.0 Å². The van der Waals surface area contributed by atoms with E-state index in [1.807, 2.05) is 6.92 Å². The quantitative estimate of drug-likeness (QED) is 0.824. The van der Waals surface area contributed by atoms with E-state index in [4.69, 9.17) is 4.74 Å². The third-order valence-electron chi connectivity index (χ3n) is 4.71. The van der Waals surface area contributed by atoms with E-state index in [0.717, 1.165) is 9.87 Å². The van der Waals surface area contributed by atoms with Gasteiger partial charge >= 0.3 is 5.97 Å². The number of β-amino-alcohol motifs (C(OH)–C–C–N with tert-alkyl or cyclic N) is 1. The summed E-state index contributed by atoms with van der Waals surface area (Å²) < 4.78 is 32.0. The van der Waals surface area contributed by atoms with Crippen molar-refractivity contribution in [2.75, 3.05) is 13.7 Å². The second-order valence-corrected chi connectivity index (χ2v) is 8.39. The molecule has 1 heterocycles. The zero-order valence-electron chi connectivity index (χ0n) is 14.6. The molecule has 2 aromatic rings. The lowest BCUT2D eigenvalue weighted by Gasteiger charge is -2.24. The summed E-state index contributed by atoms with van der Waals surface area (Å²) in [5.74, 6) is -0.687. The van der Waals surface area contributed by atoms with Gasteiger partial charge in [0.05, 0.1) is 12.0 Å². The van der Waals surface area contributed by atoms with Crippen LogP contribution in [0, 0.1) is 6.92 Å². The second-order valence-electron chi connectivity index (χ2n) is 6.50. The van der Waals surface area contributed by atoms with Crippen molar-refractivity contribution in [3.63, 3.8) is 0 Å². The van der Waals surface area contributed by atoms with Crippen LogP contribution in [0.15, 0.2) is 59.5 Å². The first-order valence-electron chi connectivity index (χ1n) is 8.22. The number of carbonyl (C=O) groups excluding carboxylic acids is 1. The fourth-order valence-electron chi connectivity index (χ4n) is 3.25. The van der Waals surface area contributed by atoms with Crippen LogP contribution in [0.1, 0.15) is 17.5 Å². The highest BCUT2D eigenvalue weighted by molar-refractivity contribution is 7.89. The second kappa shape index (κ2) is 6.83. The average Bonchev–Trinajstić information content (AvgIpc) is 3.02. The molecular formula is C19H21NO5S. The molecule has 1 N–H and O–H groups in total. The molecule has 2 aromatic carbocycles. The molecule has 0 aliphatic carbocycles. The van der Waals surface area contributed by atoms with Crippen molar-refractivity contribution in [3.05, 3.63) is 65.7 Å². The summed E-state index contributed by atoms with van der Waals surface area (Å²) in [6.07, 6.45) is -0.0607. The van der Waals surface area contributed by atoms with E-state index in [1.54, 1.807) is 42.5 Å². The van der Waals surface area contributed by atoms with Gasteiger partial charge in [-0.2, -0.15) is 4.31 Å². The molecular weight excluding hydrogens is 354 g/mol. The SMILES string of the molecule is COC(=O)[C@@H]1C[C@](O)(c2ccccc2)CN1S(=O)(=O)c1ccc(C)cc1. The maximum Gasteiger partial charge on any atom is 0.324 e. The van der Waals surface area contributed by atoms with Gasteiger partial charge in [0.1, 0.15) is 11.6 Å². The third-order valence-corrected chi connectivity index (χ3v) is 6.58. The molecule has 0 amide bonds. The Kier molecular flexibility index (Phi) is 4.88. The van der Waals surface area contributed by atoms with Crippen LogP contribution in [-0.2, 0) is 25.2 Å². The maximum absolute atomic E-state index is 13.1. The molecule has 1 aliphatic rings. The van der Waals surface area contributed by atoms with Crippen LogP contribution in [-0.4, -0.2) is 43.5 Å². The van der Waals surface area contributed by atoms with Gasteiger partial charge in [-0.05, 0) is 24.6 Å². The maximum atomic E-state index is 13.1. The summed E-state index contributed by atoms with van der Waals surface area (Å²) in [6, 6.07) is 14.1. The van der Waals surface area contributed by atoms with Crippen molar-refractivity contribution < 1.29 is 23.1 Å². The largest absolute Gasteiger partial charge is 0.468 e. The molecule has 1 saturated heterocycles. The topological polar surface area (TPSA) is 83.9 Å². The zero-order chi connectivity index (χ0) is 18.9. The molecule has 3 rings (SSSR count). The fourth-order valence-corrected chi connectivity index (χ4v) is 4.88. The molecule has 0 bridgehead atoms. The van der Waals surface area contributed by atoms with Crippen LogP contribution < -0.4 is 0 Å². The molecule has 0 saturated carbocycles. The highest BCUT2D eigenvalue weighted by atomic mass is 32.2. The number of nitrogens with zero attached hydrogens (tertiary/aromatic N) is 1. The summed E-state index contributed by atoms with van der Waals surface area (Å²) in [7, 11) is -2.76. The number of aliphatic hydroxyl groups is 1. The van der Waals surface area contributed by atoms with E-state index in [9.17, 15) is 18.3 Å². The first kappa shape index (κ1) is 18.6. The number of hydrogen-bond acceptors (Lipinski definition) is 5. The number of benzene rings is 2. The van der Waals surface area contributed by atoms with Gasteiger partial charge in [0, 0.05) is 13.0 Å². The Morgan fingerprint density at radius 1 is 1.15 bits per heavy atom. The molecule has 138 valence electrons. The Morgan fingerprint density at radius 3 is 2.35 bits per heavy atom. The first-order valence-corrected chi connectivity index (χ1v) is 9.66. The van der Waals surface area contributed by atoms with Crippen LogP contribution in [0.25, 0.3) is 0 Å². The van der Waals surface area contributed by atoms with Gasteiger partial charge in [-0.25, -0.2) is 8.42 Å². The minimum atomic E-state index is -3.97. The molecule has 0 unspecified atom stereocenters. The van der Waals surface area contributed by atoms with Crippen molar-refractivity contribution in [3.8, 4) is 0 Å². The lowest BCUT2D eigenvalue weighted by Crippen LogP contribution is -2.41. The van der Waals surface area contributed by atoms with E-state index in [-0.39, 0.29) is 17.9 Å². The Hall–Kier alpha value is -2.22. The monoisotopic (exact) mass is 375 g/mol. The van der Waals surface area contributed by atoms with Gasteiger partial charge in [0.15, 0.2) is 0 Å².